The van der Waals surface area contributed by atoms with Crippen LogP contribution in [0.25, 0.3) is 0 Å². The van der Waals surface area contributed by atoms with Gasteiger partial charge in [-0.15, -0.1) is 0 Å². The number of benzene rings is 1. The second-order valence-corrected chi connectivity index (χ2v) is 1.80. The first-order valence-corrected chi connectivity index (χ1v) is 3.42. The second kappa shape index (κ2) is 10.3. The molecule has 3 N–H and O–H groups in total. The molecular weight excluding hydrogens is 168 g/mol. The number of ether oxygens (including phenoxy) is 1. The van der Waals surface area contributed by atoms with Gasteiger partial charge in [0, 0.05) is 0 Å². The molecule has 3 heteroatoms. The van der Waals surface area contributed by atoms with Crippen LogP contribution in [0.2, 0.25) is 0 Å². The van der Waals surface area contributed by atoms with E-state index in [1.54, 1.807) is 24.3 Å². The van der Waals surface area contributed by atoms with Crippen molar-refractivity contribution >= 4 is 0 Å². The maximum atomic E-state index is 8.63. The number of aromatic hydroxyl groups is 1. The summed E-state index contributed by atoms with van der Waals surface area (Å²) < 4.78 is 4.36. The van der Waals surface area contributed by atoms with Crippen LogP contribution < -0.4 is 0 Å². The lowest BCUT2D eigenvalue weighted by Gasteiger charge is -1.82. The minimum Gasteiger partial charge on any atom is -0.508 e. The molecule has 0 saturated carbocycles. The Balaban J connectivity index is 0. The molecule has 0 unspecified atom stereocenters. The molecule has 1 rings (SSSR count). The average Bonchev–Trinajstić information content (AvgIpc) is 2.08. The fourth-order valence-corrected chi connectivity index (χ4v) is 0.496. The molecule has 1 aromatic rings. The third-order valence-electron chi connectivity index (χ3n) is 0.949. The number of rotatable bonds is 2. The lowest BCUT2D eigenvalue weighted by molar-refractivity contribution is 0.406. The third-order valence-corrected chi connectivity index (χ3v) is 0.949. The molecule has 0 bridgehead atoms. The van der Waals surface area contributed by atoms with Crippen LogP contribution in [0.4, 0.5) is 0 Å². The molecule has 0 spiro atoms. The van der Waals surface area contributed by atoms with Gasteiger partial charge in [0.2, 0.25) is 0 Å². The molecule has 1 aromatic carbocycles. The van der Waals surface area contributed by atoms with E-state index >= 15 is 0 Å². The minimum atomic E-state index is 0. The van der Waals surface area contributed by atoms with E-state index in [9.17, 15) is 0 Å². The lowest BCUT2D eigenvalue weighted by atomic mass is 10.3. The largest absolute Gasteiger partial charge is 0.508 e. The van der Waals surface area contributed by atoms with Crippen molar-refractivity contribution in [3.05, 3.63) is 56.0 Å². The predicted octanol–water partition coefficient (Wildman–Crippen LogP) is 1.86. The van der Waals surface area contributed by atoms with E-state index < -0.39 is 0 Å². The molecule has 0 aliphatic rings. The summed E-state index contributed by atoms with van der Waals surface area (Å²) in [5, 5.41) is 8.63. The summed E-state index contributed by atoms with van der Waals surface area (Å²) >= 11 is 0. The quantitative estimate of drug-likeness (QED) is 0.709. The molecule has 0 atom stereocenters. The normalized spacial score (nSPS) is 6.77. The molecule has 0 amide bonds. The molecule has 0 aliphatic heterocycles. The maximum absolute atomic E-state index is 8.63. The molecule has 13 heavy (non-hydrogen) atoms. The Hall–Kier alpha value is -1.74. The van der Waals surface area contributed by atoms with E-state index in [4.69, 9.17) is 5.11 Å². The van der Waals surface area contributed by atoms with Crippen LogP contribution in [0.15, 0.2) is 56.0 Å². The van der Waals surface area contributed by atoms with Gasteiger partial charge in [-0.2, -0.15) is 0 Å². The first kappa shape index (κ1) is 13.8. The topological polar surface area (TPSA) is 61.0 Å². The summed E-state index contributed by atoms with van der Waals surface area (Å²) in [6.45, 7) is 6.51. The Morgan fingerprint density at radius 3 is 1.69 bits per heavy atom. The van der Waals surface area contributed by atoms with E-state index in [0.29, 0.717) is 5.75 Å². The van der Waals surface area contributed by atoms with Crippen molar-refractivity contribution in [3.8, 4) is 5.75 Å². The number of phenolic OH excluding ortho intramolecular Hbond substituents is 1. The first-order chi connectivity index (χ1) is 5.81. The van der Waals surface area contributed by atoms with Crippen LogP contribution in [0, 0.1) is 0 Å². The van der Waals surface area contributed by atoms with Gasteiger partial charge in [0.25, 0.3) is 0 Å². The highest BCUT2D eigenvalue weighted by molar-refractivity contribution is 5.18. The molecule has 72 valence electrons. The van der Waals surface area contributed by atoms with Crippen LogP contribution in [-0.2, 0) is 4.74 Å². The van der Waals surface area contributed by atoms with Gasteiger partial charge in [0.15, 0.2) is 0 Å². The van der Waals surface area contributed by atoms with Crippen LogP contribution in [-0.4, -0.2) is 10.6 Å². The fourth-order valence-electron chi connectivity index (χ4n) is 0.496. The first-order valence-electron chi connectivity index (χ1n) is 3.42. The summed E-state index contributed by atoms with van der Waals surface area (Å²) in [5.74, 6) is 0.322. The van der Waals surface area contributed by atoms with E-state index in [-0.39, 0.29) is 5.48 Å². The minimum absolute atomic E-state index is 0. The van der Waals surface area contributed by atoms with Crippen molar-refractivity contribution in [1.29, 1.82) is 0 Å². The zero-order valence-electron chi connectivity index (χ0n) is 7.31. The van der Waals surface area contributed by atoms with Gasteiger partial charge in [0.05, 0.1) is 12.5 Å². The molecule has 3 nitrogen and oxygen atoms in total. The van der Waals surface area contributed by atoms with Gasteiger partial charge in [-0.1, -0.05) is 31.4 Å². The molecule has 0 aliphatic carbocycles. The number of hydrogen-bond donors (Lipinski definition) is 1. The van der Waals surface area contributed by atoms with E-state index in [1.165, 1.54) is 12.5 Å². The van der Waals surface area contributed by atoms with Crippen LogP contribution in [0.1, 0.15) is 0 Å². The Kier molecular flexibility index (Phi) is 10.9. The third kappa shape index (κ3) is 10.3. The molecule has 0 aromatic heterocycles. The monoisotopic (exact) mass is 182 g/mol. The molecule has 0 fully saturated rings. The average molecular weight is 182 g/mol. The van der Waals surface area contributed by atoms with Gasteiger partial charge in [-0.25, -0.2) is 0 Å². The van der Waals surface area contributed by atoms with E-state index in [0.717, 1.165) is 0 Å². The van der Waals surface area contributed by atoms with Crippen molar-refractivity contribution in [2.75, 3.05) is 0 Å². The zero-order valence-corrected chi connectivity index (χ0v) is 7.31. The van der Waals surface area contributed by atoms with Gasteiger partial charge in [-0.05, 0) is 12.1 Å². The summed E-state index contributed by atoms with van der Waals surface area (Å²) in [6.07, 6.45) is 2.62. The van der Waals surface area contributed by atoms with Crippen molar-refractivity contribution in [3.63, 3.8) is 0 Å². The summed E-state index contributed by atoms with van der Waals surface area (Å²) in [7, 11) is 0. The second-order valence-electron chi connectivity index (χ2n) is 1.80. The molecule has 0 heterocycles. The molecular formula is C10H14O3. The van der Waals surface area contributed by atoms with Crippen molar-refractivity contribution < 1.29 is 15.3 Å². The van der Waals surface area contributed by atoms with Crippen molar-refractivity contribution in [1.82, 2.24) is 0 Å². The lowest BCUT2D eigenvalue weighted by Crippen LogP contribution is -1.56. The summed E-state index contributed by atoms with van der Waals surface area (Å²) in [5.41, 5.74) is 0. The zero-order chi connectivity index (χ0) is 9.23. The van der Waals surface area contributed by atoms with Crippen LogP contribution >= 0.6 is 0 Å². The number of phenols is 1. The SMILES string of the molecule is C=COC=C.O.Oc1ccccc1. The summed E-state index contributed by atoms with van der Waals surface area (Å²) in [6, 6.07) is 8.71. The van der Waals surface area contributed by atoms with E-state index in [1.807, 2.05) is 6.07 Å². The fraction of sp³-hybridized carbons (Fsp3) is 0. The standard InChI is InChI=1S/C6H6O.C4H6O.H2O/c7-6-4-2-1-3-5-6;1-3-5-4-2;/h1-5,7H;3-4H,1-2H2;1H2. The smallest absolute Gasteiger partial charge is 0.115 e. The van der Waals surface area contributed by atoms with Crippen molar-refractivity contribution in [2.24, 2.45) is 0 Å². The van der Waals surface area contributed by atoms with Gasteiger partial charge in [0.1, 0.15) is 5.75 Å². The van der Waals surface area contributed by atoms with E-state index in [2.05, 4.69) is 17.9 Å². The Morgan fingerprint density at radius 1 is 1.08 bits per heavy atom. The highest BCUT2D eigenvalue weighted by Crippen LogP contribution is 2.02. The molecule has 0 saturated heterocycles. The van der Waals surface area contributed by atoms with Crippen LogP contribution in [0.3, 0.4) is 0 Å². The summed E-state index contributed by atoms with van der Waals surface area (Å²) in [4.78, 5) is 0. The number of para-hydroxylation sites is 1. The van der Waals surface area contributed by atoms with Gasteiger partial charge >= 0.3 is 0 Å². The van der Waals surface area contributed by atoms with Crippen LogP contribution in [0.5, 0.6) is 5.75 Å². The molecule has 0 radical (unpaired) electrons. The van der Waals surface area contributed by atoms with Gasteiger partial charge in [-0.3, -0.25) is 0 Å². The Labute approximate surface area is 77.9 Å². The Bertz CT molecular complexity index is 213. The highest BCUT2D eigenvalue weighted by Gasteiger charge is 1.74. The predicted molar refractivity (Wildman–Crippen MR) is 53.2 cm³/mol. The maximum Gasteiger partial charge on any atom is 0.115 e. The van der Waals surface area contributed by atoms with Crippen molar-refractivity contribution in [2.45, 2.75) is 0 Å². The Morgan fingerprint density at radius 2 is 1.54 bits per heavy atom. The van der Waals surface area contributed by atoms with Gasteiger partial charge < -0.3 is 15.3 Å². The number of hydrogen-bond acceptors (Lipinski definition) is 2. The highest BCUT2D eigenvalue weighted by atomic mass is 16.5.